The Bertz CT molecular complexity index is 1090. The maximum atomic E-state index is 12.7. The highest BCUT2D eigenvalue weighted by molar-refractivity contribution is 5.94. The lowest BCUT2D eigenvalue weighted by Gasteiger charge is -2.35. The first kappa shape index (κ1) is 22.2. The highest BCUT2D eigenvalue weighted by atomic mass is 35.5. The molecule has 31 heavy (non-hydrogen) atoms. The zero-order valence-electron chi connectivity index (χ0n) is 17.2. The summed E-state index contributed by atoms with van der Waals surface area (Å²) in [6.07, 6.45) is 0. The van der Waals surface area contributed by atoms with Crippen LogP contribution in [0, 0.1) is 0 Å². The molecule has 0 bridgehead atoms. The van der Waals surface area contributed by atoms with Gasteiger partial charge in [-0.25, -0.2) is 4.98 Å². The third kappa shape index (κ3) is 4.36. The number of rotatable bonds is 4. The molecule has 10 heteroatoms. The van der Waals surface area contributed by atoms with E-state index in [1.165, 1.54) is 12.1 Å². The van der Waals surface area contributed by atoms with Crippen molar-refractivity contribution >= 4 is 41.0 Å². The molecule has 0 saturated carbocycles. The number of aromatic hydroxyl groups is 1. The minimum Gasteiger partial charge on any atom is -0.508 e. The summed E-state index contributed by atoms with van der Waals surface area (Å²) in [6, 6.07) is 9.82. The summed E-state index contributed by atoms with van der Waals surface area (Å²) < 4.78 is 10.7. The largest absolute Gasteiger partial charge is 0.508 e. The molecule has 1 saturated heterocycles. The van der Waals surface area contributed by atoms with E-state index in [0.29, 0.717) is 65.9 Å². The molecular formula is C21H24ClN5O4. The predicted octanol–water partition coefficient (Wildman–Crippen LogP) is 2.32. The Morgan fingerprint density at radius 3 is 2.23 bits per heavy atom. The van der Waals surface area contributed by atoms with Gasteiger partial charge in [0.2, 0.25) is 5.95 Å². The van der Waals surface area contributed by atoms with Crippen LogP contribution in [0.3, 0.4) is 0 Å². The fraction of sp³-hybridized carbons (Fsp3) is 0.286. The molecule has 1 amide bonds. The van der Waals surface area contributed by atoms with Crippen molar-refractivity contribution in [2.24, 2.45) is 0 Å². The molecule has 0 aliphatic carbocycles. The second-order valence-electron chi connectivity index (χ2n) is 6.96. The molecule has 3 N–H and O–H groups in total. The fourth-order valence-electron chi connectivity index (χ4n) is 3.50. The number of carbonyl (C=O) groups excluding carboxylic acids is 1. The first-order chi connectivity index (χ1) is 14.5. The zero-order chi connectivity index (χ0) is 21.3. The molecule has 164 valence electrons. The Hall–Kier alpha value is -3.46. The van der Waals surface area contributed by atoms with Crippen molar-refractivity contribution in [2.45, 2.75) is 0 Å². The summed E-state index contributed by atoms with van der Waals surface area (Å²) in [4.78, 5) is 25.6. The number of fused-ring (bicyclic) bond motifs is 1. The molecule has 0 radical (unpaired) electrons. The van der Waals surface area contributed by atoms with Crippen LogP contribution in [0.15, 0.2) is 36.4 Å². The van der Waals surface area contributed by atoms with Gasteiger partial charge in [-0.1, -0.05) is 0 Å². The van der Waals surface area contributed by atoms with Crippen LogP contribution in [0.4, 0.5) is 11.8 Å². The first-order valence-corrected chi connectivity index (χ1v) is 9.52. The van der Waals surface area contributed by atoms with E-state index in [-0.39, 0.29) is 24.1 Å². The Morgan fingerprint density at radius 2 is 1.61 bits per heavy atom. The topological polar surface area (TPSA) is 114 Å². The Labute approximate surface area is 185 Å². The third-order valence-electron chi connectivity index (χ3n) is 5.18. The van der Waals surface area contributed by atoms with Crippen molar-refractivity contribution in [1.82, 2.24) is 14.9 Å². The molecule has 1 fully saturated rings. The lowest BCUT2D eigenvalue weighted by molar-refractivity contribution is 0.0746. The highest BCUT2D eigenvalue weighted by Crippen LogP contribution is 2.34. The summed E-state index contributed by atoms with van der Waals surface area (Å²) in [5.74, 6) is 2.08. The number of nitrogens with two attached hydrogens (primary N) is 1. The van der Waals surface area contributed by atoms with Gasteiger partial charge >= 0.3 is 0 Å². The van der Waals surface area contributed by atoms with E-state index in [1.54, 1.807) is 43.4 Å². The SMILES string of the molecule is COc1cc2nc(N3CCN(C(=O)c4ccc(O)cc4)CC3)nc(N)c2cc1OC.Cl. The van der Waals surface area contributed by atoms with Crippen LogP contribution in [-0.2, 0) is 0 Å². The number of aromatic nitrogens is 2. The number of anilines is 2. The number of carbonyl (C=O) groups is 1. The highest BCUT2D eigenvalue weighted by Gasteiger charge is 2.24. The van der Waals surface area contributed by atoms with Gasteiger partial charge in [-0.2, -0.15) is 4.98 Å². The quantitative estimate of drug-likeness (QED) is 0.628. The van der Waals surface area contributed by atoms with Crippen LogP contribution in [0.5, 0.6) is 17.2 Å². The number of nitrogens with zero attached hydrogens (tertiary/aromatic N) is 4. The van der Waals surface area contributed by atoms with Gasteiger partial charge in [-0.05, 0) is 30.3 Å². The summed E-state index contributed by atoms with van der Waals surface area (Å²) >= 11 is 0. The fourth-order valence-corrected chi connectivity index (χ4v) is 3.50. The number of ether oxygens (including phenoxy) is 2. The number of halogens is 1. The number of nitrogen functional groups attached to an aromatic ring is 1. The number of phenolic OH excluding ortho intramolecular Hbond substituents is 1. The number of hydrogen-bond donors (Lipinski definition) is 2. The summed E-state index contributed by atoms with van der Waals surface area (Å²) in [5.41, 5.74) is 7.40. The van der Waals surface area contributed by atoms with Gasteiger partial charge in [0.15, 0.2) is 11.5 Å². The van der Waals surface area contributed by atoms with Crippen molar-refractivity contribution in [3.63, 3.8) is 0 Å². The molecule has 1 aromatic heterocycles. The van der Waals surface area contributed by atoms with Crippen molar-refractivity contribution in [2.75, 3.05) is 51.0 Å². The van der Waals surface area contributed by atoms with Gasteiger partial charge in [-0.15, -0.1) is 12.4 Å². The van der Waals surface area contributed by atoms with E-state index in [9.17, 15) is 9.90 Å². The minimum atomic E-state index is -0.0644. The van der Waals surface area contributed by atoms with E-state index in [0.717, 1.165) is 0 Å². The lowest BCUT2D eigenvalue weighted by atomic mass is 10.1. The number of benzene rings is 2. The Morgan fingerprint density at radius 1 is 1.00 bits per heavy atom. The standard InChI is InChI=1S/C21H23N5O4.ClH/c1-29-17-11-15-16(12-18(17)30-2)23-21(24-19(15)22)26-9-7-25(8-10-26)20(28)13-3-5-14(27)6-4-13;/h3-6,11-12,27H,7-10H2,1-2H3,(H2,22,23,24);1H. The van der Waals surface area contributed by atoms with Crippen LogP contribution >= 0.6 is 12.4 Å². The van der Waals surface area contributed by atoms with Crippen LogP contribution < -0.4 is 20.1 Å². The van der Waals surface area contributed by atoms with Gasteiger partial charge in [0.1, 0.15) is 11.6 Å². The summed E-state index contributed by atoms with van der Waals surface area (Å²) in [5, 5.41) is 10.1. The van der Waals surface area contributed by atoms with Gasteiger partial charge in [0, 0.05) is 43.2 Å². The molecule has 9 nitrogen and oxygen atoms in total. The second kappa shape index (κ2) is 9.13. The molecule has 0 spiro atoms. The normalized spacial score (nSPS) is 13.6. The smallest absolute Gasteiger partial charge is 0.253 e. The maximum Gasteiger partial charge on any atom is 0.253 e. The number of amides is 1. The molecule has 2 aromatic carbocycles. The lowest BCUT2D eigenvalue weighted by Crippen LogP contribution is -2.49. The second-order valence-corrected chi connectivity index (χ2v) is 6.96. The molecule has 4 rings (SSSR count). The molecule has 2 heterocycles. The van der Waals surface area contributed by atoms with E-state index < -0.39 is 0 Å². The first-order valence-electron chi connectivity index (χ1n) is 9.52. The predicted molar refractivity (Wildman–Crippen MR) is 121 cm³/mol. The molecule has 0 atom stereocenters. The number of phenols is 1. The van der Waals surface area contributed by atoms with Crippen molar-refractivity contribution in [1.29, 1.82) is 0 Å². The molecule has 1 aliphatic heterocycles. The average molecular weight is 446 g/mol. The molecule has 1 aliphatic rings. The Kier molecular flexibility index (Phi) is 6.55. The van der Waals surface area contributed by atoms with Crippen LogP contribution in [0.1, 0.15) is 10.4 Å². The van der Waals surface area contributed by atoms with Crippen molar-refractivity contribution in [3.8, 4) is 17.2 Å². The van der Waals surface area contributed by atoms with Crippen molar-refractivity contribution in [3.05, 3.63) is 42.0 Å². The summed E-state index contributed by atoms with van der Waals surface area (Å²) in [7, 11) is 3.13. The van der Waals surface area contributed by atoms with Gasteiger partial charge in [0.25, 0.3) is 5.91 Å². The molecule has 3 aromatic rings. The number of piperazine rings is 1. The number of methoxy groups -OCH3 is 2. The number of hydrogen-bond acceptors (Lipinski definition) is 8. The van der Waals surface area contributed by atoms with Gasteiger partial charge in [0.05, 0.1) is 19.7 Å². The third-order valence-corrected chi connectivity index (χ3v) is 5.18. The summed E-state index contributed by atoms with van der Waals surface area (Å²) in [6.45, 7) is 2.24. The average Bonchev–Trinajstić information content (AvgIpc) is 2.78. The van der Waals surface area contributed by atoms with E-state index >= 15 is 0 Å². The van der Waals surface area contributed by atoms with Crippen LogP contribution in [0.2, 0.25) is 0 Å². The van der Waals surface area contributed by atoms with Crippen molar-refractivity contribution < 1.29 is 19.4 Å². The zero-order valence-corrected chi connectivity index (χ0v) is 18.1. The van der Waals surface area contributed by atoms with Gasteiger partial charge in [-0.3, -0.25) is 4.79 Å². The van der Waals surface area contributed by atoms with E-state index in [4.69, 9.17) is 15.2 Å². The van der Waals surface area contributed by atoms with Crippen LogP contribution in [-0.4, -0.2) is 66.3 Å². The van der Waals surface area contributed by atoms with Gasteiger partial charge < -0.3 is 30.1 Å². The van der Waals surface area contributed by atoms with E-state index in [2.05, 4.69) is 9.97 Å². The Balaban J connectivity index is 0.00000272. The monoisotopic (exact) mass is 445 g/mol. The molecule has 0 unspecified atom stereocenters. The molecular weight excluding hydrogens is 422 g/mol. The van der Waals surface area contributed by atoms with Crippen LogP contribution in [0.25, 0.3) is 10.9 Å². The van der Waals surface area contributed by atoms with E-state index in [1.807, 2.05) is 4.90 Å². The minimum absolute atomic E-state index is 0. The maximum absolute atomic E-state index is 12.7.